The number of H-pyrrole nitrogens is 1. The van der Waals surface area contributed by atoms with E-state index in [0.717, 1.165) is 25.4 Å². The number of hydrogen-bond donors (Lipinski definition) is 1. The van der Waals surface area contributed by atoms with E-state index >= 15 is 0 Å². The largest absolute Gasteiger partial charge is 0.371 e. The zero-order valence-electron chi connectivity index (χ0n) is 22.5. The number of piperidine rings is 1. The van der Waals surface area contributed by atoms with Gasteiger partial charge in [0.15, 0.2) is 0 Å². The van der Waals surface area contributed by atoms with Gasteiger partial charge in [0.05, 0.1) is 0 Å². The van der Waals surface area contributed by atoms with Crippen LogP contribution in [0.4, 0.5) is 5.69 Å². The molecule has 0 atom stereocenters. The van der Waals surface area contributed by atoms with E-state index in [9.17, 15) is 0 Å². The standard InChI is InChI=1S/C34H40N2/c1-6-29(26-10-11-26)33(25(5)32-22(2)8-7-9-23(32)3)27-19-34(20-27)14-16-36(17-15-34)28-12-13-30-24(4)21-35-31(30)18-28/h7-9,12-13,18-19,21,26,35H,5-6,10-11,14-17,20H2,1-4H3/b33-29-. The summed E-state index contributed by atoms with van der Waals surface area (Å²) in [6, 6.07) is 13.6. The number of rotatable bonds is 6. The van der Waals surface area contributed by atoms with Gasteiger partial charge in [-0.3, -0.25) is 0 Å². The summed E-state index contributed by atoms with van der Waals surface area (Å²) in [5, 5.41) is 1.34. The number of aryl methyl sites for hydroxylation is 3. The van der Waals surface area contributed by atoms with Gasteiger partial charge in [-0.05, 0) is 122 Å². The van der Waals surface area contributed by atoms with E-state index < -0.39 is 0 Å². The Hall–Kier alpha value is -3.00. The minimum atomic E-state index is 0.369. The number of benzene rings is 2. The molecule has 1 spiro atoms. The van der Waals surface area contributed by atoms with E-state index in [4.69, 9.17) is 6.58 Å². The van der Waals surface area contributed by atoms with Gasteiger partial charge in [-0.15, -0.1) is 0 Å². The van der Waals surface area contributed by atoms with Gasteiger partial charge in [0.1, 0.15) is 0 Å². The molecule has 2 fully saturated rings. The SMILES string of the molecule is C=C(/C(C1=CC2(CCN(c3ccc4c(C)c[nH]c4c3)CC2)C1)=C(\CC)C1CC1)c1c(C)cccc1C. The first-order chi connectivity index (χ1) is 17.4. The Labute approximate surface area is 216 Å². The molecule has 0 bridgehead atoms. The van der Waals surface area contributed by atoms with E-state index in [1.165, 1.54) is 82.1 Å². The van der Waals surface area contributed by atoms with Crippen molar-refractivity contribution in [3.05, 3.63) is 94.2 Å². The van der Waals surface area contributed by atoms with E-state index in [1.54, 1.807) is 11.1 Å². The molecular formula is C34H40N2. The van der Waals surface area contributed by atoms with Crippen LogP contribution in [0.5, 0.6) is 0 Å². The summed E-state index contributed by atoms with van der Waals surface area (Å²) in [6.45, 7) is 16.0. The third-order valence-electron chi connectivity index (χ3n) is 9.20. The van der Waals surface area contributed by atoms with Gasteiger partial charge in [-0.2, -0.15) is 0 Å². The van der Waals surface area contributed by atoms with Crippen LogP contribution in [0.1, 0.15) is 67.7 Å². The summed E-state index contributed by atoms with van der Waals surface area (Å²) in [7, 11) is 0. The van der Waals surface area contributed by atoms with E-state index in [2.05, 4.69) is 86.2 Å². The van der Waals surface area contributed by atoms with Crippen LogP contribution in [0.3, 0.4) is 0 Å². The minimum Gasteiger partial charge on any atom is -0.371 e. The summed E-state index contributed by atoms with van der Waals surface area (Å²) in [5.74, 6) is 0.775. The number of fused-ring (bicyclic) bond motifs is 1. The van der Waals surface area contributed by atoms with E-state index in [0.29, 0.717) is 5.41 Å². The maximum atomic E-state index is 4.73. The molecule has 0 amide bonds. The number of anilines is 1. The number of aromatic nitrogens is 1. The fourth-order valence-electron chi connectivity index (χ4n) is 6.98. The normalized spacial score (nSPS) is 19.8. The van der Waals surface area contributed by atoms with Crippen molar-refractivity contribution in [3.63, 3.8) is 0 Å². The van der Waals surface area contributed by atoms with Crippen LogP contribution in [-0.2, 0) is 0 Å². The van der Waals surface area contributed by atoms with Crippen LogP contribution in [0.25, 0.3) is 16.5 Å². The summed E-state index contributed by atoms with van der Waals surface area (Å²) < 4.78 is 0. The van der Waals surface area contributed by atoms with E-state index in [1.807, 2.05) is 0 Å². The second-order valence-electron chi connectivity index (χ2n) is 11.7. The maximum Gasteiger partial charge on any atom is 0.0477 e. The molecule has 2 nitrogen and oxygen atoms in total. The molecule has 36 heavy (non-hydrogen) atoms. The van der Waals surface area contributed by atoms with Gasteiger partial charge in [0.25, 0.3) is 0 Å². The van der Waals surface area contributed by atoms with Gasteiger partial charge >= 0.3 is 0 Å². The van der Waals surface area contributed by atoms with Crippen molar-refractivity contribution in [2.75, 3.05) is 18.0 Å². The summed E-state index contributed by atoms with van der Waals surface area (Å²) >= 11 is 0. The molecule has 1 aromatic heterocycles. The molecule has 2 heterocycles. The first-order valence-electron chi connectivity index (χ1n) is 13.9. The average molecular weight is 477 g/mol. The zero-order valence-corrected chi connectivity index (χ0v) is 22.5. The fraction of sp³-hybridized carbons (Fsp3) is 0.412. The highest BCUT2D eigenvalue weighted by Gasteiger charge is 2.42. The Balaban J connectivity index is 1.25. The highest BCUT2D eigenvalue weighted by molar-refractivity contribution is 5.87. The van der Waals surface area contributed by atoms with Crippen LogP contribution in [0, 0.1) is 32.1 Å². The smallest absolute Gasteiger partial charge is 0.0477 e. The second-order valence-corrected chi connectivity index (χ2v) is 11.7. The first-order valence-corrected chi connectivity index (χ1v) is 13.9. The van der Waals surface area contributed by atoms with Crippen LogP contribution in [-0.4, -0.2) is 18.1 Å². The lowest BCUT2D eigenvalue weighted by atomic mass is 9.62. The van der Waals surface area contributed by atoms with E-state index in [-0.39, 0.29) is 0 Å². The lowest BCUT2D eigenvalue weighted by Gasteiger charge is -2.48. The predicted molar refractivity (Wildman–Crippen MR) is 155 cm³/mol. The fourth-order valence-corrected chi connectivity index (χ4v) is 6.98. The Kier molecular flexibility index (Phi) is 5.74. The number of allylic oxidation sites excluding steroid dienone is 5. The third-order valence-corrected chi connectivity index (χ3v) is 9.20. The van der Waals surface area contributed by atoms with Crippen LogP contribution >= 0.6 is 0 Å². The zero-order chi connectivity index (χ0) is 25.0. The maximum absolute atomic E-state index is 4.73. The molecule has 186 valence electrons. The van der Waals surface area contributed by atoms with Crippen molar-refractivity contribution in [2.45, 2.75) is 66.2 Å². The molecule has 3 aliphatic rings. The Bertz CT molecular complexity index is 1380. The van der Waals surface area contributed by atoms with Gasteiger partial charge in [0, 0.05) is 35.9 Å². The van der Waals surface area contributed by atoms with Crippen molar-refractivity contribution in [3.8, 4) is 0 Å². The lowest BCUT2D eigenvalue weighted by Crippen LogP contribution is -2.42. The Morgan fingerprint density at radius 1 is 1.03 bits per heavy atom. The molecule has 1 saturated carbocycles. The summed E-state index contributed by atoms with van der Waals surface area (Å²) in [6.07, 6.45) is 12.3. The highest BCUT2D eigenvalue weighted by Crippen LogP contribution is 2.54. The molecule has 2 heteroatoms. The molecule has 6 rings (SSSR count). The highest BCUT2D eigenvalue weighted by atomic mass is 15.1. The van der Waals surface area contributed by atoms with Crippen molar-refractivity contribution >= 4 is 22.2 Å². The predicted octanol–water partition coefficient (Wildman–Crippen LogP) is 8.84. The van der Waals surface area contributed by atoms with Crippen LogP contribution in [0.15, 0.2) is 72.0 Å². The molecule has 2 aromatic carbocycles. The minimum absolute atomic E-state index is 0.369. The topological polar surface area (TPSA) is 19.0 Å². The van der Waals surface area contributed by atoms with Crippen molar-refractivity contribution in [1.82, 2.24) is 4.98 Å². The number of aromatic amines is 1. The number of nitrogens with one attached hydrogen (secondary N) is 1. The monoisotopic (exact) mass is 476 g/mol. The molecule has 2 aliphatic carbocycles. The summed E-state index contributed by atoms with van der Waals surface area (Å²) in [4.78, 5) is 6.02. The Morgan fingerprint density at radius 3 is 2.36 bits per heavy atom. The van der Waals surface area contributed by atoms with Gasteiger partial charge in [0.2, 0.25) is 0 Å². The van der Waals surface area contributed by atoms with Crippen molar-refractivity contribution in [2.24, 2.45) is 11.3 Å². The molecule has 0 unspecified atom stereocenters. The molecule has 0 radical (unpaired) electrons. The average Bonchev–Trinajstić information content (AvgIpc) is 3.63. The molecule has 1 aliphatic heterocycles. The van der Waals surface area contributed by atoms with Crippen LogP contribution < -0.4 is 4.90 Å². The third kappa shape index (κ3) is 3.95. The molecular weight excluding hydrogens is 436 g/mol. The van der Waals surface area contributed by atoms with Gasteiger partial charge in [-0.25, -0.2) is 0 Å². The van der Waals surface area contributed by atoms with Crippen molar-refractivity contribution in [1.29, 1.82) is 0 Å². The van der Waals surface area contributed by atoms with Crippen LogP contribution in [0.2, 0.25) is 0 Å². The molecule has 1 N–H and O–H groups in total. The van der Waals surface area contributed by atoms with Crippen molar-refractivity contribution < 1.29 is 0 Å². The quantitative estimate of drug-likeness (QED) is 0.352. The molecule has 1 saturated heterocycles. The lowest BCUT2D eigenvalue weighted by molar-refractivity contribution is 0.259. The second kappa shape index (κ2) is 8.83. The van der Waals surface area contributed by atoms with Gasteiger partial charge in [-0.1, -0.05) is 49.4 Å². The number of nitrogens with zero attached hydrogens (tertiary/aromatic N) is 1. The first kappa shape index (κ1) is 23.4. The van der Waals surface area contributed by atoms with Gasteiger partial charge < -0.3 is 9.88 Å². The Morgan fingerprint density at radius 2 is 1.72 bits per heavy atom. The number of hydrogen-bond acceptors (Lipinski definition) is 1. The summed E-state index contributed by atoms with van der Waals surface area (Å²) in [5.41, 5.74) is 14.4. The molecule has 3 aromatic rings.